The second kappa shape index (κ2) is 11.8. The number of piperazine rings is 1. The topological polar surface area (TPSA) is 64.7 Å². The quantitative estimate of drug-likeness (QED) is 0.596. The largest absolute Gasteiger partial charge is 0.349 e. The van der Waals surface area contributed by atoms with Gasteiger partial charge in [0.15, 0.2) is 0 Å². The molecule has 0 aromatic heterocycles. The van der Waals surface area contributed by atoms with Gasteiger partial charge in [0.1, 0.15) is 5.82 Å². The average molecular weight is 499 g/mol. The molecule has 1 atom stereocenters. The molecule has 186 valence electrons. The molecule has 1 unspecified atom stereocenters. The van der Waals surface area contributed by atoms with Crippen LogP contribution in [0.3, 0.4) is 0 Å². The minimum Gasteiger partial charge on any atom is -0.349 e. The number of piperidine rings is 1. The van der Waals surface area contributed by atoms with Crippen LogP contribution >= 0.6 is 11.6 Å². The molecule has 35 heavy (non-hydrogen) atoms. The summed E-state index contributed by atoms with van der Waals surface area (Å²) in [6.07, 6.45) is 5.02. The van der Waals surface area contributed by atoms with Crippen molar-refractivity contribution in [2.45, 2.75) is 38.4 Å². The van der Waals surface area contributed by atoms with Crippen molar-refractivity contribution in [2.75, 3.05) is 32.7 Å². The molecule has 2 saturated heterocycles. The minimum atomic E-state index is -0.239. The maximum absolute atomic E-state index is 13.2. The molecule has 4 rings (SSSR count). The third-order valence-corrected chi connectivity index (χ3v) is 6.89. The van der Waals surface area contributed by atoms with E-state index in [1.54, 1.807) is 36.4 Å². The van der Waals surface area contributed by atoms with Gasteiger partial charge in [-0.2, -0.15) is 0 Å². The molecule has 2 amide bonds. The first-order valence-corrected chi connectivity index (χ1v) is 12.5. The zero-order valence-corrected chi connectivity index (χ0v) is 20.7. The maximum atomic E-state index is 13.2. The lowest BCUT2D eigenvalue weighted by Gasteiger charge is -2.39. The fourth-order valence-corrected chi connectivity index (χ4v) is 4.88. The summed E-state index contributed by atoms with van der Waals surface area (Å²) in [5, 5.41) is 6.87. The Morgan fingerprint density at radius 2 is 1.89 bits per heavy atom. The van der Waals surface area contributed by atoms with Crippen LogP contribution in [0.15, 0.2) is 48.5 Å². The van der Waals surface area contributed by atoms with E-state index in [2.05, 4.69) is 15.5 Å². The number of amides is 2. The zero-order valence-electron chi connectivity index (χ0n) is 20.0. The summed E-state index contributed by atoms with van der Waals surface area (Å²) in [5.74, 6) is -0.496. The van der Waals surface area contributed by atoms with Crippen LogP contribution in [0.1, 0.15) is 41.3 Å². The normalized spacial score (nSPS) is 19.7. The summed E-state index contributed by atoms with van der Waals surface area (Å²) in [6, 6.07) is 11.9. The number of nitrogens with one attached hydrogen (secondary N) is 2. The monoisotopic (exact) mass is 498 g/mol. The molecule has 2 aliphatic rings. The van der Waals surface area contributed by atoms with Crippen molar-refractivity contribution in [3.63, 3.8) is 0 Å². The molecular formula is C27H32ClFN4O2. The molecule has 0 aliphatic carbocycles. The predicted octanol–water partition coefficient (Wildman–Crippen LogP) is 3.71. The van der Waals surface area contributed by atoms with Gasteiger partial charge in [-0.05, 0) is 74.3 Å². The van der Waals surface area contributed by atoms with E-state index in [4.69, 9.17) is 11.6 Å². The second-order valence-corrected chi connectivity index (χ2v) is 9.74. The summed E-state index contributed by atoms with van der Waals surface area (Å²) in [6.45, 7) is 6.61. The lowest BCUT2D eigenvalue weighted by Crippen LogP contribution is -2.53. The molecule has 2 aromatic carbocycles. The molecule has 0 spiro atoms. The van der Waals surface area contributed by atoms with Gasteiger partial charge in [-0.1, -0.05) is 29.8 Å². The summed E-state index contributed by atoms with van der Waals surface area (Å²) < 4.78 is 13.2. The lowest BCUT2D eigenvalue weighted by atomic mass is 10.0. The highest BCUT2D eigenvalue weighted by atomic mass is 35.5. The number of hydrogen-bond acceptors (Lipinski definition) is 4. The molecule has 2 aromatic rings. The molecule has 2 fully saturated rings. The first-order chi connectivity index (χ1) is 16.9. The Hall–Kier alpha value is -2.74. The number of halogens is 2. The Labute approximate surface area is 211 Å². The van der Waals surface area contributed by atoms with Crippen molar-refractivity contribution < 1.29 is 14.0 Å². The number of benzene rings is 2. The van der Waals surface area contributed by atoms with E-state index >= 15 is 0 Å². The van der Waals surface area contributed by atoms with Gasteiger partial charge in [0.2, 0.25) is 5.91 Å². The van der Waals surface area contributed by atoms with Crippen molar-refractivity contribution in [3.05, 3.63) is 76.1 Å². The highest BCUT2D eigenvalue weighted by molar-refractivity contribution is 6.31. The van der Waals surface area contributed by atoms with Crippen LogP contribution in [-0.4, -0.2) is 66.4 Å². The fraction of sp³-hybridized carbons (Fsp3) is 0.407. The molecule has 6 nitrogen and oxygen atoms in total. The van der Waals surface area contributed by atoms with Crippen LogP contribution in [0.2, 0.25) is 5.02 Å². The van der Waals surface area contributed by atoms with Crippen LogP contribution in [0.4, 0.5) is 4.39 Å². The molecule has 0 bridgehead atoms. The summed E-state index contributed by atoms with van der Waals surface area (Å²) in [5.41, 5.74) is 2.19. The third kappa shape index (κ3) is 6.90. The Bertz CT molecular complexity index is 1070. The predicted molar refractivity (Wildman–Crippen MR) is 137 cm³/mol. The van der Waals surface area contributed by atoms with Crippen molar-refractivity contribution >= 4 is 29.5 Å². The van der Waals surface area contributed by atoms with E-state index in [1.807, 2.05) is 11.8 Å². The minimum absolute atomic E-state index is 0.0363. The molecule has 2 heterocycles. The number of carbonyl (C=O) groups is 2. The van der Waals surface area contributed by atoms with E-state index in [-0.39, 0.29) is 29.7 Å². The first kappa shape index (κ1) is 25.4. The number of nitrogens with zero attached hydrogens (tertiary/aromatic N) is 2. The van der Waals surface area contributed by atoms with Gasteiger partial charge < -0.3 is 15.5 Å². The molecule has 0 radical (unpaired) electrons. The van der Waals surface area contributed by atoms with Crippen LogP contribution in [0.5, 0.6) is 0 Å². The first-order valence-electron chi connectivity index (χ1n) is 12.2. The summed E-state index contributed by atoms with van der Waals surface area (Å²) in [7, 11) is 0. The third-order valence-electron chi connectivity index (χ3n) is 6.65. The van der Waals surface area contributed by atoms with Crippen molar-refractivity contribution in [3.8, 4) is 0 Å². The van der Waals surface area contributed by atoms with Gasteiger partial charge in [0.05, 0.1) is 0 Å². The van der Waals surface area contributed by atoms with E-state index in [0.717, 1.165) is 51.1 Å². The summed E-state index contributed by atoms with van der Waals surface area (Å²) in [4.78, 5) is 30.1. The highest BCUT2D eigenvalue weighted by Gasteiger charge is 2.26. The number of rotatable bonds is 6. The lowest BCUT2D eigenvalue weighted by molar-refractivity contribution is -0.130. The Kier molecular flexibility index (Phi) is 8.55. The average Bonchev–Trinajstić information content (AvgIpc) is 2.85. The van der Waals surface area contributed by atoms with Crippen LogP contribution < -0.4 is 10.6 Å². The van der Waals surface area contributed by atoms with Crippen LogP contribution in [0, 0.1) is 5.82 Å². The summed E-state index contributed by atoms with van der Waals surface area (Å²) >= 11 is 6.17. The Morgan fingerprint density at radius 1 is 1.14 bits per heavy atom. The SMILES string of the molecule is CC1CN(Cc2ccc(F)cc2)CCN1C(=O)/C=C/c1ccc(Cl)cc1C(=O)NC1CCNCC1. The van der Waals surface area contributed by atoms with Gasteiger partial charge in [0, 0.05) is 54.9 Å². The number of carbonyl (C=O) groups excluding carboxylic acids is 2. The highest BCUT2D eigenvalue weighted by Crippen LogP contribution is 2.20. The smallest absolute Gasteiger partial charge is 0.252 e. The zero-order chi connectivity index (χ0) is 24.8. The van der Waals surface area contributed by atoms with Gasteiger partial charge in [-0.15, -0.1) is 0 Å². The van der Waals surface area contributed by atoms with Gasteiger partial charge in [0.25, 0.3) is 5.91 Å². The van der Waals surface area contributed by atoms with Crippen LogP contribution in [0.25, 0.3) is 6.08 Å². The fourth-order valence-electron chi connectivity index (χ4n) is 4.71. The van der Waals surface area contributed by atoms with E-state index in [1.165, 1.54) is 18.2 Å². The molecule has 0 saturated carbocycles. The van der Waals surface area contributed by atoms with E-state index in [9.17, 15) is 14.0 Å². The second-order valence-electron chi connectivity index (χ2n) is 9.30. The van der Waals surface area contributed by atoms with Crippen molar-refractivity contribution in [2.24, 2.45) is 0 Å². The molecular weight excluding hydrogens is 467 g/mol. The van der Waals surface area contributed by atoms with Crippen molar-refractivity contribution in [1.82, 2.24) is 20.4 Å². The van der Waals surface area contributed by atoms with E-state index in [0.29, 0.717) is 22.7 Å². The van der Waals surface area contributed by atoms with Crippen LogP contribution in [-0.2, 0) is 11.3 Å². The standard InChI is InChI=1S/C27H32ClFN4O2/c1-19-17-32(18-20-2-7-23(29)8-3-20)14-15-33(19)26(34)9-5-21-4-6-22(28)16-25(21)27(35)31-24-10-12-30-13-11-24/h2-9,16,19,24,30H,10-15,17-18H2,1H3,(H,31,35)/b9-5+. The molecule has 8 heteroatoms. The molecule has 2 aliphatic heterocycles. The Morgan fingerprint density at radius 3 is 2.60 bits per heavy atom. The van der Waals surface area contributed by atoms with Gasteiger partial charge >= 0.3 is 0 Å². The number of hydrogen-bond donors (Lipinski definition) is 2. The van der Waals surface area contributed by atoms with Gasteiger partial charge in [-0.3, -0.25) is 14.5 Å². The maximum Gasteiger partial charge on any atom is 0.252 e. The van der Waals surface area contributed by atoms with Crippen molar-refractivity contribution in [1.29, 1.82) is 0 Å². The van der Waals surface area contributed by atoms with E-state index < -0.39 is 0 Å². The van der Waals surface area contributed by atoms with Gasteiger partial charge in [-0.25, -0.2) is 4.39 Å². The molecule has 2 N–H and O–H groups in total. The Balaban J connectivity index is 1.37.